The molecule has 20 heavy (non-hydrogen) atoms. The zero-order valence-electron chi connectivity index (χ0n) is 13.3. The van der Waals surface area contributed by atoms with Crippen LogP contribution in [-0.2, 0) is 6.42 Å². The van der Waals surface area contributed by atoms with Gasteiger partial charge in [0.2, 0.25) is 0 Å². The highest BCUT2D eigenvalue weighted by Crippen LogP contribution is 2.47. The van der Waals surface area contributed by atoms with Gasteiger partial charge in [-0.1, -0.05) is 44.5 Å². The Bertz CT molecular complexity index is 451. The molecule has 0 amide bonds. The maximum atomic E-state index is 6.42. The summed E-state index contributed by atoms with van der Waals surface area (Å²) < 4.78 is 0. The predicted molar refractivity (Wildman–Crippen MR) is 88.4 cm³/mol. The molecule has 1 saturated carbocycles. The third-order valence-corrected chi connectivity index (χ3v) is 4.80. The van der Waals surface area contributed by atoms with Crippen LogP contribution in [-0.4, -0.2) is 13.1 Å². The predicted octanol–water partition coefficient (Wildman–Crippen LogP) is 4.85. The molecular formula is C18H28ClN. The third-order valence-electron chi connectivity index (χ3n) is 4.45. The van der Waals surface area contributed by atoms with Crippen molar-refractivity contribution < 1.29 is 0 Å². The van der Waals surface area contributed by atoms with Gasteiger partial charge in [0.1, 0.15) is 0 Å². The number of hydrogen-bond donors (Lipinski definition) is 1. The zero-order chi connectivity index (χ0) is 14.8. The van der Waals surface area contributed by atoms with E-state index >= 15 is 0 Å². The number of halogens is 1. The summed E-state index contributed by atoms with van der Waals surface area (Å²) in [5.41, 5.74) is 2.89. The highest BCUT2D eigenvalue weighted by atomic mass is 35.5. The molecule has 1 N–H and O–H groups in total. The zero-order valence-corrected chi connectivity index (χ0v) is 14.1. The van der Waals surface area contributed by atoms with Crippen molar-refractivity contribution in [3.63, 3.8) is 0 Å². The molecule has 1 aromatic carbocycles. The minimum atomic E-state index is 0.341. The van der Waals surface area contributed by atoms with Crippen LogP contribution in [0.1, 0.15) is 44.7 Å². The van der Waals surface area contributed by atoms with Crippen molar-refractivity contribution in [1.29, 1.82) is 0 Å². The summed E-state index contributed by atoms with van der Waals surface area (Å²) in [5, 5.41) is 4.59. The lowest BCUT2D eigenvalue weighted by Gasteiger charge is -2.31. The van der Waals surface area contributed by atoms with Crippen molar-refractivity contribution in [2.45, 2.75) is 47.0 Å². The van der Waals surface area contributed by atoms with Crippen LogP contribution in [0, 0.1) is 24.2 Å². The van der Waals surface area contributed by atoms with Crippen molar-refractivity contribution in [2.75, 3.05) is 13.1 Å². The molecule has 1 aliphatic rings. The minimum Gasteiger partial charge on any atom is -0.316 e. The van der Waals surface area contributed by atoms with Gasteiger partial charge in [-0.2, -0.15) is 0 Å². The molecule has 0 radical (unpaired) electrons. The average Bonchev–Trinajstić information content (AvgIpc) is 3.17. The SMILES string of the molecule is Cc1ccc(CC(C)(CNCC(C)C)C2CC2)c(Cl)c1. The molecule has 1 aliphatic carbocycles. The molecule has 0 aliphatic heterocycles. The van der Waals surface area contributed by atoms with Crippen LogP contribution in [0.15, 0.2) is 18.2 Å². The van der Waals surface area contributed by atoms with E-state index < -0.39 is 0 Å². The number of benzene rings is 1. The average molecular weight is 294 g/mol. The van der Waals surface area contributed by atoms with Crippen LogP contribution < -0.4 is 5.32 Å². The van der Waals surface area contributed by atoms with Crippen LogP contribution >= 0.6 is 11.6 Å². The molecule has 112 valence electrons. The molecule has 0 saturated heterocycles. The Kier molecular flexibility index (Phi) is 5.14. The Morgan fingerprint density at radius 1 is 1.35 bits per heavy atom. The van der Waals surface area contributed by atoms with Crippen molar-refractivity contribution >= 4 is 11.6 Å². The van der Waals surface area contributed by atoms with E-state index in [0.717, 1.165) is 30.5 Å². The summed E-state index contributed by atoms with van der Waals surface area (Å²) in [7, 11) is 0. The van der Waals surface area contributed by atoms with Crippen molar-refractivity contribution in [3.8, 4) is 0 Å². The first-order chi connectivity index (χ1) is 9.40. The second-order valence-corrected chi connectivity index (χ2v) is 7.63. The molecule has 0 heterocycles. The van der Waals surface area contributed by atoms with Gasteiger partial charge in [0, 0.05) is 11.6 Å². The van der Waals surface area contributed by atoms with Crippen LogP contribution in [0.2, 0.25) is 5.02 Å². The largest absolute Gasteiger partial charge is 0.316 e. The van der Waals surface area contributed by atoms with Gasteiger partial charge in [-0.05, 0) is 67.2 Å². The summed E-state index contributed by atoms with van der Waals surface area (Å²) in [4.78, 5) is 0. The molecule has 0 aromatic heterocycles. The Balaban J connectivity index is 2.04. The van der Waals surface area contributed by atoms with Crippen LogP contribution in [0.25, 0.3) is 0 Å². The summed E-state index contributed by atoms with van der Waals surface area (Å²) in [6.45, 7) is 11.2. The number of aryl methyl sites for hydroxylation is 1. The lowest BCUT2D eigenvalue weighted by molar-refractivity contribution is 0.252. The highest BCUT2D eigenvalue weighted by Gasteiger charge is 2.41. The van der Waals surface area contributed by atoms with Crippen molar-refractivity contribution in [3.05, 3.63) is 34.3 Å². The van der Waals surface area contributed by atoms with Crippen LogP contribution in [0.5, 0.6) is 0 Å². The van der Waals surface area contributed by atoms with E-state index in [1.807, 2.05) is 0 Å². The molecule has 1 fully saturated rings. The van der Waals surface area contributed by atoms with E-state index in [2.05, 4.69) is 51.2 Å². The van der Waals surface area contributed by atoms with E-state index in [-0.39, 0.29) is 0 Å². The maximum absolute atomic E-state index is 6.42. The first-order valence-corrected chi connectivity index (χ1v) is 8.24. The number of hydrogen-bond acceptors (Lipinski definition) is 1. The second-order valence-electron chi connectivity index (χ2n) is 7.22. The van der Waals surface area contributed by atoms with Gasteiger partial charge >= 0.3 is 0 Å². The third kappa shape index (κ3) is 4.23. The lowest BCUT2D eigenvalue weighted by Crippen LogP contribution is -2.37. The molecule has 1 atom stereocenters. The van der Waals surface area contributed by atoms with E-state index in [0.29, 0.717) is 11.3 Å². The molecule has 2 heteroatoms. The van der Waals surface area contributed by atoms with Gasteiger partial charge in [-0.15, -0.1) is 0 Å². The van der Waals surface area contributed by atoms with E-state index in [1.165, 1.54) is 24.0 Å². The standard InChI is InChI=1S/C18H28ClN/c1-13(2)11-20-12-18(4,16-7-8-16)10-15-6-5-14(3)9-17(15)19/h5-6,9,13,16,20H,7-8,10-12H2,1-4H3. The first-order valence-electron chi connectivity index (χ1n) is 7.86. The Hall–Kier alpha value is -0.530. The smallest absolute Gasteiger partial charge is 0.0440 e. The van der Waals surface area contributed by atoms with Gasteiger partial charge < -0.3 is 5.32 Å². The number of rotatable bonds is 7. The monoisotopic (exact) mass is 293 g/mol. The number of nitrogens with one attached hydrogen (secondary N) is 1. The summed E-state index contributed by atoms with van der Waals surface area (Å²) in [6, 6.07) is 6.47. The van der Waals surface area contributed by atoms with E-state index in [1.54, 1.807) is 0 Å². The fraction of sp³-hybridized carbons (Fsp3) is 0.667. The lowest BCUT2D eigenvalue weighted by atomic mass is 9.78. The molecule has 1 unspecified atom stereocenters. The second kappa shape index (κ2) is 6.49. The van der Waals surface area contributed by atoms with Gasteiger partial charge in [0.15, 0.2) is 0 Å². The summed E-state index contributed by atoms with van der Waals surface area (Å²) in [5.74, 6) is 1.57. The Labute approximate surface area is 129 Å². The molecule has 1 nitrogen and oxygen atoms in total. The molecular weight excluding hydrogens is 266 g/mol. The quantitative estimate of drug-likeness (QED) is 0.757. The molecule has 1 aromatic rings. The van der Waals surface area contributed by atoms with Gasteiger partial charge in [0.25, 0.3) is 0 Å². The molecule has 0 spiro atoms. The Morgan fingerprint density at radius 3 is 2.60 bits per heavy atom. The minimum absolute atomic E-state index is 0.341. The highest BCUT2D eigenvalue weighted by molar-refractivity contribution is 6.31. The van der Waals surface area contributed by atoms with E-state index in [4.69, 9.17) is 11.6 Å². The summed E-state index contributed by atoms with van der Waals surface area (Å²) in [6.07, 6.45) is 3.84. The van der Waals surface area contributed by atoms with Gasteiger partial charge in [0.05, 0.1) is 0 Å². The van der Waals surface area contributed by atoms with E-state index in [9.17, 15) is 0 Å². The molecule has 0 bridgehead atoms. The van der Waals surface area contributed by atoms with Crippen LogP contribution in [0.4, 0.5) is 0 Å². The summed E-state index contributed by atoms with van der Waals surface area (Å²) >= 11 is 6.42. The van der Waals surface area contributed by atoms with Gasteiger partial charge in [-0.3, -0.25) is 0 Å². The van der Waals surface area contributed by atoms with Crippen molar-refractivity contribution in [2.24, 2.45) is 17.3 Å². The van der Waals surface area contributed by atoms with Gasteiger partial charge in [-0.25, -0.2) is 0 Å². The topological polar surface area (TPSA) is 12.0 Å². The first kappa shape index (κ1) is 15.9. The Morgan fingerprint density at radius 2 is 2.05 bits per heavy atom. The normalized spacial score (nSPS) is 18.3. The maximum Gasteiger partial charge on any atom is 0.0440 e. The fourth-order valence-corrected chi connectivity index (χ4v) is 3.31. The molecule has 2 rings (SSSR count). The fourth-order valence-electron chi connectivity index (χ4n) is 3.01. The van der Waals surface area contributed by atoms with Crippen molar-refractivity contribution in [1.82, 2.24) is 5.32 Å². The van der Waals surface area contributed by atoms with Crippen LogP contribution in [0.3, 0.4) is 0 Å².